The number of benzene rings is 1. The van der Waals surface area contributed by atoms with Crippen LogP contribution in [-0.2, 0) is 10.0 Å². The number of hydrogen-bond donors (Lipinski definition) is 2. The molecule has 1 aliphatic carbocycles. The van der Waals surface area contributed by atoms with Crippen LogP contribution in [0.2, 0.25) is 0 Å². The van der Waals surface area contributed by atoms with Crippen LogP contribution in [0.5, 0.6) is 0 Å². The SMILES string of the molecule is CCNc1ccc(S(=O)(=O)NC2CCC(C)C(C)C2)cc1. The van der Waals surface area contributed by atoms with Crippen LogP contribution in [0.1, 0.15) is 40.0 Å². The highest BCUT2D eigenvalue weighted by molar-refractivity contribution is 7.89. The van der Waals surface area contributed by atoms with Crippen molar-refractivity contribution in [3.63, 3.8) is 0 Å². The van der Waals surface area contributed by atoms with Crippen molar-refractivity contribution in [3.8, 4) is 0 Å². The summed E-state index contributed by atoms with van der Waals surface area (Å²) in [6.07, 6.45) is 2.95. The molecule has 3 unspecified atom stereocenters. The fraction of sp³-hybridized carbons (Fsp3) is 0.625. The van der Waals surface area contributed by atoms with Gasteiger partial charge in [-0.15, -0.1) is 0 Å². The Morgan fingerprint density at radius 2 is 1.76 bits per heavy atom. The van der Waals surface area contributed by atoms with E-state index in [0.717, 1.165) is 31.5 Å². The molecule has 21 heavy (non-hydrogen) atoms. The van der Waals surface area contributed by atoms with Crippen molar-refractivity contribution in [1.29, 1.82) is 0 Å². The molecule has 118 valence electrons. The van der Waals surface area contributed by atoms with E-state index in [1.165, 1.54) is 0 Å². The molecule has 0 bridgehead atoms. The third kappa shape index (κ3) is 4.20. The van der Waals surface area contributed by atoms with E-state index in [4.69, 9.17) is 0 Å². The van der Waals surface area contributed by atoms with Crippen LogP contribution in [0.25, 0.3) is 0 Å². The van der Waals surface area contributed by atoms with Gasteiger partial charge in [0.1, 0.15) is 0 Å². The number of hydrogen-bond acceptors (Lipinski definition) is 3. The second-order valence-corrected chi connectivity index (χ2v) is 7.85. The van der Waals surface area contributed by atoms with Gasteiger partial charge in [0.25, 0.3) is 0 Å². The molecule has 0 aliphatic heterocycles. The van der Waals surface area contributed by atoms with Crippen LogP contribution in [0.3, 0.4) is 0 Å². The van der Waals surface area contributed by atoms with E-state index in [1.54, 1.807) is 12.1 Å². The summed E-state index contributed by atoms with van der Waals surface area (Å²) in [4.78, 5) is 0.343. The Kier molecular flexibility index (Phi) is 5.27. The minimum Gasteiger partial charge on any atom is -0.385 e. The normalized spacial score (nSPS) is 26.5. The van der Waals surface area contributed by atoms with Gasteiger partial charge in [-0.3, -0.25) is 0 Å². The lowest BCUT2D eigenvalue weighted by molar-refractivity contribution is 0.242. The van der Waals surface area contributed by atoms with Gasteiger partial charge >= 0.3 is 0 Å². The molecule has 0 radical (unpaired) electrons. The number of anilines is 1. The lowest BCUT2D eigenvalue weighted by atomic mass is 9.79. The lowest BCUT2D eigenvalue weighted by Gasteiger charge is -2.32. The average Bonchev–Trinajstić information content (AvgIpc) is 2.44. The van der Waals surface area contributed by atoms with E-state index in [0.29, 0.717) is 16.7 Å². The van der Waals surface area contributed by atoms with E-state index in [9.17, 15) is 8.42 Å². The van der Waals surface area contributed by atoms with Crippen LogP contribution in [-0.4, -0.2) is 21.0 Å². The van der Waals surface area contributed by atoms with Gasteiger partial charge in [-0.1, -0.05) is 13.8 Å². The van der Waals surface area contributed by atoms with Crippen molar-refractivity contribution in [2.75, 3.05) is 11.9 Å². The van der Waals surface area contributed by atoms with E-state index in [-0.39, 0.29) is 6.04 Å². The minimum absolute atomic E-state index is 0.0645. The zero-order valence-corrected chi connectivity index (χ0v) is 13.9. The first kappa shape index (κ1) is 16.3. The Hall–Kier alpha value is -1.07. The molecule has 2 rings (SSSR count). The summed E-state index contributed by atoms with van der Waals surface area (Å²) >= 11 is 0. The van der Waals surface area contributed by atoms with E-state index in [1.807, 2.05) is 19.1 Å². The number of rotatable bonds is 5. The molecule has 0 amide bonds. The molecule has 1 fully saturated rings. The summed E-state index contributed by atoms with van der Waals surface area (Å²) in [5.74, 6) is 1.26. The molecule has 5 heteroatoms. The van der Waals surface area contributed by atoms with Crippen molar-refractivity contribution in [3.05, 3.63) is 24.3 Å². The highest BCUT2D eigenvalue weighted by Gasteiger charge is 2.28. The Morgan fingerprint density at radius 3 is 2.33 bits per heavy atom. The van der Waals surface area contributed by atoms with E-state index >= 15 is 0 Å². The Labute approximate surface area is 128 Å². The van der Waals surface area contributed by atoms with Crippen LogP contribution >= 0.6 is 0 Å². The van der Waals surface area contributed by atoms with Crippen molar-refractivity contribution in [2.24, 2.45) is 11.8 Å². The molecule has 3 atom stereocenters. The fourth-order valence-corrected chi connectivity index (χ4v) is 4.18. The van der Waals surface area contributed by atoms with Crippen LogP contribution in [0, 0.1) is 11.8 Å². The Morgan fingerprint density at radius 1 is 1.10 bits per heavy atom. The molecular weight excluding hydrogens is 284 g/mol. The summed E-state index contributed by atoms with van der Waals surface area (Å²) in [6, 6.07) is 7.01. The average molecular weight is 310 g/mol. The van der Waals surface area contributed by atoms with Gasteiger partial charge < -0.3 is 5.32 Å². The quantitative estimate of drug-likeness (QED) is 0.878. The minimum atomic E-state index is -3.41. The second-order valence-electron chi connectivity index (χ2n) is 6.14. The maximum absolute atomic E-state index is 12.4. The second kappa shape index (κ2) is 6.79. The van der Waals surface area contributed by atoms with Crippen LogP contribution in [0.4, 0.5) is 5.69 Å². The van der Waals surface area contributed by atoms with E-state index in [2.05, 4.69) is 23.9 Å². The monoisotopic (exact) mass is 310 g/mol. The first-order valence-corrected chi connectivity index (χ1v) is 9.27. The molecular formula is C16H26N2O2S. The highest BCUT2D eigenvalue weighted by atomic mass is 32.2. The molecule has 1 aromatic rings. The molecule has 0 heterocycles. The van der Waals surface area contributed by atoms with Gasteiger partial charge in [0, 0.05) is 18.3 Å². The predicted octanol–water partition coefficient (Wildman–Crippen LogP) is 3.22. The maximum Gasteiger partial charge on any atom is 0.240 e. The topological polar surface area (TPSA) is 58.2 Å². The summed E-state index contributed by atoms with van der Waals surface area (Å²) in [6.45, 7) is 7.28. The Bertz CT molecular complexity index is 554. The third-order valence-electron chi connectivity index (χ3n) is 4.47. The van der Waals surface area contributed by atoms with Gasteiger partial charge in [-0.2, -0.15) is 0 Å². The molecule has 0 aromatic heterocycles. The molecule has 0 spiro atoms. The first-order chi connectivity index (χ1) is 9.92. The molecule has 0 saturated heterocycles. The smallest absolute Gasteiger partial charge is 0.240 e. The van der Waals surface area contributed by atoms with Crippen LogP contribution in [0.15, 0.2) is 29.2 Å². The zero-order valence-electron chi connectivity index (χ0n) is 13.1. The number of sulfonamides is 1. The van der Waals surface area contributed by atoms with Crippen molar-refractivity contribution < 1.29 is 8.42 Å². The molecule has 1 aromatic carbocycles. The third-order valence-corrected chi connectivity index (χ3v) is 6.00. The maximum atomic E-state index is 12.4. The highest BCUT2D eigenvalue weighted by Crippen LogP contribution is 2.30. The summed E-state index contributed by atoms with van der Waals surface area (Å²) < 4.78 is 27.7. The molecule has 1 aliphatic rings. The predicted molar refractivity (Wildman–Crippen MR) is 86.9 cm³/mol. The van der Waals surface area contributed by atoms with Gasteiger partial charge in [0.2, 0.25) is 10.0 Å². The largest absolute Gasteiger partial charge is 0.385 e. The van der Waals surface area contributed by atoms with Gasteiger partial charge in [-0.25, -0.2) is 13.1 Å². The molecule has 2 N–H and O–H groups in total. The summed E-state index contributed by atoms with van der Waals surface area (Å²) in [5.41, 5.74) is 0.941. The van der Waals surface area contributed by atoms with Gasteiger partial charge in [-0.05, 0) is 62.3 Å². The Balaban J connectivity index is 2.04. The molecule has 1 saturated carbocycles. The van der Waals surface area contributed by atoms with E-state index < -0.39 is 10.0 Å². The summed E-state index contributed by atoms with van der Waals surface area (Å²) in [5, 5.41) is 3.16. The van der Waals surface area contributed by atoms with Crippen LogP contribution < -0.4 is 10.0 Å². The van der Waals surface area contributed by atoms with Gasteiger partial charge in [0.15, 0.2) is 0 Å². The lowest BCUT2D eigenvalue weighted by Crippen LogP contribution is -2.39. The summed E-state index contributed by atoms with van der Waals surface area (Å²) in [7, 11) is -3.41. The van der Waals surface area contributed by atoms with Crippen molar-refractivity contribution in [2.45, 2.75) is 51.0 Å². The first-order valence-electron chi connectivity index (χ1n) is 7.78. The number of nitrogens with one attached hydrogen (secondary N) is 2. The zero-order chi connectivity index (χ0) is 15.5. The van der Waals surface area contributed by atoms with Gasteiger partial charge in [0.05, 0.1) is 4.90 Å². The molecule has 4 nitrogen and oxygen atoms in total. The standard InChI is InChI=1S/C16H26N2O2S/c1-4-17-14-7-9-16(10-8-14)21(19,20)18-15-6-5-12(2)13(3)11-15/h7-10,12-13,15,17-18H,4-6,11H2,1-3H3. The van der Waals surface area contributed by atoms with Crippen molar-refractivity contribution >= 4 is 15.7 Å². The van der Waals surface area contributed by atoms with Crippen molar-refractivity contribution in [1.82, 2.24) is 4.72 Å². The fourth-order valence-electron chi connectivity index (χ4n) is 2.90.